The molecule has 108 valence electrons. The van der Waals surface area contributed by atoms with Crippen LogP contribution in [0.3, 0.4) is 0 Å². The Labute approximate surface area is 120 Å². The van der Waals surface area contributed by atoms with E-state index in [0.29, 0.717) is 25.7 Å². The molecule has 6 nitrogen and oxygen atoms in total. The quantitative estimate of drug-likeness (QED) is 0.661. The smallest absolute Gasteiger partial charge is 0.300 e. The zero-order valence-corrected chi connectivity index (χ0v) is 11.5. The van der Waals surface area contributed by atoms with Gasteiger partial charge in [0.05, 0.1) is 11.0 Å². The maximum Gasteiger partial charge on any atom is 0.300 e. The Kier molecular flexibility index (Phi) is 4.57. The molecule has 0 unspecified atom stereocenters. The molecule has 0 atom stereocenters. The van der Waals surface area contributed by atoms with Crippen LogP contribution in [0.1, 0.15) is 36.0 Å². The lowest BCUT2D eigenvalue weighted by atomic mass is 9.93. The van der Waals surface area contributed by atoms with Gasteiger partial charge in [-0.1, -0.05) is 17.7 Å². The highest BCUT2D eigenvalue weighted by atomic mass is 35.5. The number of amides is 1. The van der Waals surface area contributed by atoms with Gasteiger partial charge in [-0.05, 0) is 37.8 Å². The number of para-hydroxylation sites is 1. The van der Waals surface area contributed by atoms with Gasteiger partial charge in [-0.3, -0.25) is 14.9 Å². The molecule has 2 rings (SSSR count). The van der Waals surface area contributed by atoms with Gasteiger partial charge < -0.3 is 10.4 Å². The van der Waals surface area contributed by atoms with Crippen molar-refractivity contribution in [3.05, 3.63) is 38.9 Å². The van der Waals surface area contributed by atoms with Gasteiger partial charge in [0.2, 0.25) is 0 Å². The van der Waals surface area contributed by atoms with E-state index in [-0.39, 0.29) is 28.4 Å². The fraction of sp³-hybridized carbons (Fsp3) is 0.462. The lowest BCUT2D eigenvalue weighted by Crippen LogP contribution is -2.38. The second-order valence-corrected chi connectivity index (χ2v) is 5.28. The summed E-state index contributed by atoms with van der Waals surface area (Å²) >= 11 is 5.78. The monoisotopic (exact) mass is 298 g/mol. The van der Waals surface area contributed by atoms with Gasteiger partial charge >= 0.3 is 5.69 Å². The van der Waals surface area contributed by atoms with Crippen LogP contribution in [0.4, 0.5) is 5.69 Å². The van der Waals surface area contributed by atoms with Crippen molar-refractivity contribution in [2.45, 2.75) is 37.8 Å². The van der Waals surface area contributed by atoms with Crippen molar-refractivity contribution >= 4 is 23.2 Å². The third-order valence-corrected chi connectivity index (χ3v) is 3.75. The van der Waals surface area contributed by atoms with Crippen LogP contribution in [0.5, 0.6) is 0 Å². The third kappa shape index (κ3) is 3.26. The zero-order valence-electron chi connectivity index (χ0n) is 10.7. The van der Waals surface area contributed by atoms with E-state index in [0.717, 1.165) is 0 Å². The highest BCUT2D eigenvalue weighted by molar-refractivity contribution is 6.33. The van der Waals surface area contributed by atoms with E-state index >= 15 is 0 Å². The fourth-order valence-electron chi connectivity index (χ4n) is 2.37. The number of hydrogen-bond acceptors (Lipinski definition) is 4. The second kappa shape index (κ2) is 6.19. The first-order valence-corrected chi connectivity index (χ1v) is 6.78. The predicted molar refractivity (Wildman–Crippen MR) is 73.8 cm³/mol. The van der Waals surface area contributed by atoms with Gasteiger partial charge in [0.1, 0.15) is 10.6 Å². The average molecular weight is 299 g/mol. The number of carbonyl (C=O) groups excluding carboxylic acids is 1. The van der Waals surface area contributed by atoms with E-state index in [1.165, 1.54) is 18.2 Å². The summed E-state index contributed by atoms with van der Waals surface area (Å²) in [5.74, 6) is -0.499. The number of carbonyl (C=O) groups is 1. The third-order valence-electron chi connectivity index (χ3n) is 3.45. The molecule has 1 amide bonds. The molecule has 1 aromatic rings. The van der Waals surface area contributed by atoms with Crippen LogP contribution in [0, 0.1) is 10.1 Å². The Bertz CT molecular complexity index is 527. The van der Waals surface area contributed by atoms with Crippen molar-refractivity contribution in [1.82, 2.24) is 5.32 Å². The van der Waals surface area contributed by atoms with Crippen molar-refractivity contribution in [2.75, 3.05) is 0 Å². The summed E-state index contributed by atoms with van der Waals surface area (Å²) in [7, 11) is 0. The molecular formula is C13H15ClN2O4. The van der Waals surface area contributed by atoms with Crippen LogP contribution in [0.15, 0.2) is 18.2 Å². The molecule has 20 heavy (non-hydrogen) atoms. The van der Waals surface area contributed by atoms with Crippen LogP contribution in [0.2, 0.25) is 5.02 Å². The summed E-state index contributed by atoms with van der Waals surface area (Å²) < 4.78 is 0. The maximum absolute atomic E-state index is 12.1. The molecule has 0 bridgehead atoms. The number of benzene rings is 1. The first kappa shape index (κ1) is 14.7. The minimum absolute atomic E-state index is 0.0337. The van der Waals surface area contributed by atoms with Crippen LogP contribution in [-0.4, -0.2) is 28.1 Å². The molecule has 7 heteroatoms. The molecule has 0 aromatic heterocycles. The minimum atomic E-state index is -0.651. The number of rotatable bonds is 3. The lowest BCUT2D eigenvalue weighted by Gasteiger charge is -2.26. The van der Waals surface area contributed by atoms with Crippen molar-refractivity contribution in [3.8, 4) is 0 Å². The molecule has 0 saturated heterocycles. The highest BCUT2D eigenvalue weighted by Crippen LogP contribution is 2.28. The van der Waals surface area contributed by atoms with Crippen molar-refractivity contribution in [3.63, 3.8) is 0 Å². The Morgan fingerprint density at radius 3 is 2.60 bits per heavy atom. The summed E-state index contributed by atoms with van der Waals surface area (Å²) in [6.45, 7) is 0. The molecule has 1 fully saturated rings. The maximum atomic E-state index is 12.1. The Hall–Kier alpha value is -1.66. The van der Waals surface area contributed by atoms with E-state index in [9.17, 15) is 20.0 Å². The Balaban J connectivity index is 2.13. The number of aliphatic hydroxyl groups excluding tert-OH is 1. The highest BCUT2D eigenvalue weighted by Gasteiger charge is 2.26. The first-order valence-electron chi connectivity index (χ1n) is 6.41. The number of halogens is 1. The molecule has 1 aliphatic rings. The molecule has 1 aromatic carbocycles. The molecule has 0 heterocycles. The summed E-state index contributed by atoms with van der Waals surface area (Å²) in [5, 5.41) is 23.1. The van der Waals surface area contributed by atoms with Gasteiger partial charge in [-0.15, -0.1) is 0 Å². The number of nitro benzene ring substituents is 1. The van der Waals surface area contributed by atoms with Gasteiger partial charge in [-0.2, -0.15) is 0 Å². The summed E-state index contributed by atoms with van der Waals surface area (Å²) in [4.78, 5) is 22.5. The number of nitrogens with one attached hydrogen (secondary N) is 1. The van der Waals surface area contributed by atoms with Gasteiger partial charge in [0.15, 0.2) is 0 Å². The van der Waals surface area contributed by atoms with Crippen molar-refractivity contribution in [2.24, 2.45) is 0 Å². The van der Waals surface area contributed by atoms with Crippen molar-refractivity contribution in [1.29, 1.82) is 0 Å². The topological polar surface area (TPSA) is 92.5 Å². The minimum Gasteiger partial charge on any atom is -0.393 e. The molecule has 0 aliphatic heterocycles. The summed E-state index contributed by atoms with van der Waals surface area (Å²) in [6, 6.07) is 4.21. The SMILES string of the molecule is O=C(NC1CCC(O)CC1)c1cccc(Cl)c1[N+](=O)[O-]. The molecule has 0 radical (unpaired) electrons. The normalized spacial score (nSPS) is 22.3. The molecule has 2 N–H and O–H groups in total. The van der Waals surface area contributed by atoms with Crippen LogP contribution in [0.25, 0.3) is 0 Å². The number of nitro groups is 1. The predicted octanol–water partition coefficient (Wildman–Crippen LogP) is 2.28. The van der Waals surface area contributed by atoms with E-state index in [1.54, 1.807) is 0 Å². The number of hydrogen-bond donors (Lipinski definition) is 2. The fourth-order valence-corrected chi connectivity index (χ4v) is 2.61. The van der Waals surface area contributed by atoms with Gasteiger partial charge in [-0.25, -0.2) is 0 Å². The van der Waals surface area contributed by atoms with Crippen LogP contribution in [-0.2, 0) is 0 Å². The zero-order chi connectivity index (χ0) is 14.7. The van der Waals surface area contributed by atoms with Crippen LogP contribution < -0.4 is 5.32 Å². The number of aliphatic hydroxyl groups is 1. The first-order chi connectivity index (χ1) is 9.49. The van der Waals surface area contributed by atoms with E-state index < -0.39 is 10.8 Å². The summed E-state index contributed by atoms with van der Waals surface area (Å²) in [6.07, 6.45) is 2.27. The van der Waals surface area contributed by atoms with Gasteiger partial charge in [0.25, 0.3) is 5.91 Å². The van der Waals surface area contributed by atoms with Crippen molar-refractivity contribution < 1.29 is 14.8 Å². The Morgan fingerprint density at radius 1 is 1.35 bits per heavy atom. The number of nitrogens with zero attached hydrogens (tertiary/aromatic N) is 1. The van der Waals surface area contributed by atoms with Crippen LogP contribution >= 0.6 is 11.6 Å². The second-order valence-electron chi connectivity index (χ2n) is 4.87. The van der Waals surface area contributed by atoms with E-state index in [4.69, 9.17) is 11.6 Å². The van der Waals surface area contributed by atoms with E-state index in [2.05, 4.69) is 5.32 Å². The molecule has 1 saturated carbocycles. The summed E-state index contributed by atoms with van der Waals surface area (Å²) in [5.41, 5.74) is -0.406. The van der Waals surface area contributed by atoms with Gasteiger partial charge in [0, 0.05) is 6.04 Å². The lowest BCUT2D eigenvalue weighted by molar-refractivity contribution is -0.385. The largest absolute Gasteiger partial charge is 0.393 e. The van der Waals surface area contributed by atoms with E-state index in [1.807, 2.05) is 0 Å². The Morgan fingerprint density at radius 2 is 2.00 bits per heavy atom. The standard InChI is InChI=1S/C13H15ClN2O4/c14-11-3-1-2-10(12(11)16(19)20)13(18)15-8-4-6-9(17)7-5-8/h1-3,8-9,17H,4-7H2,(H,15,18). The molecule has 0 spiro atoms. The molecular weight excluding hydrogens is 284 g/mol. The molecule has 1 aliphatic carbocycles. The average Bonchev–Trinajstić information content (AvgIpc) is 2.40.